The van der Waals surface area contributed by atoms with E-state index >= 15 is 0 Å². The van der Waals surface area contributed by atoms with Gasteiger partial charge < -0.3 is 19.1 Å². The Morgan fingerprint density at radius 2 is 1.80 bits per heavy atom. The van der Waals surface area contributed by atoms with Crippen molar-refractivity contribution >= 4 is 17.2 Å². The molecule has 2 aromatic carbocycles. The summed E-state index contributed by atoms with van der Waals surface area (Å²) >= 11 is 1.35. The van der Waals surface area contributed by atoms with Crippen LogP contribution < -0.4 is 14.2 Å². The van der Waals surface area contributed by atoms with E-state index in [1.165, 1.54) is 28.4 Å². The zero-order valence-electron chi connectivity index (χ0n) is 16.6. The van der Waals surface area contributed by atoms with E-state index in [0.717, 1.165) is 11.1 Å². The van der Waals surface area contributed by atoms with Gasteiger partial charge in [-0.25, -0.2) is 4.98 Å². The van der Waals surface area contributed by atoms with Crippen LogP contribution in [0.25, 0.3) is 10.6 Å². The molecule has 0 N–H and O–H groups in total. The maximum Gasteiger partial charge on any atom is 0.387 e. The van der Waals surface area contributed by atoms with Gasteiger partial charge in [-0.2, -0.15) is 8.78 Å². The Balaban J connectivity index is 1.69. The van der Waals surface area contributed by atoms with Gasteiger partial charge in [0.2, 0.25) is 0 Å². The molecule has 0 bridgehead atoms. The van der Waals surface area contributed by atoms with Crippen molar-refractivity contribution in [2.45, 2.75) is 13.2 Å². The standard InChI is InChI=1S/C21H20F2N2O4S/c1-25(11-13-4-7-15(8-5-13)29-21(22)23)20(26)16-12-30-19(24-16)14-6-9-17(27-2)18(10-14)28-3/h4-10,12,21H,11H2,1-3H3. The number of amides is 1. The third kappa shape index (κ3) is 5.04. The van der Waals surface area contributed by atoms with E-state index < -0.39 is 6.61 Å². The number of halogens is 2. The normalized spacial score (nSPS) is 10.7. The highest BCUT2D eigenvalue weighted by molar-refractivity contribution is 7.13. The second-order valence-electron chi connectivity index (χ2n) is 6.29. The van der Waals surface area contributed by atoms with Gasteiger partial charge in [-0.1, -0.05) is 12.1 Å². The molecule has 1 aromatic heterocycles. The lowest BCUT2D eigenvalue weighted by molar-refractivity contribution is -0.0498. The fourth-order valence-electron chi connectivity index (χ4n) is 2.79. The van der Waals surface area contributed by atoms with Crippen LogP contribution in [0.3, 0.4) is 0 Å². The molecule has 3 rings (SSSR count). The molecular formula is C21H20F2N2O4S. The van der Waals surface area contributed by atoms with E-state index in [4.69, 9.17) is 9.47 Å². The molecular weight excluding hydrogens is 414 g/mol. The van der Waals surface area contributed by atoms with Crippen LogP contribution in [-0.4, -0.2) is 43.7 Å². The minimum Gasteiger partial charge on any atom is -0.493 e. The lowest BCUT2D eigenvalue weighted by atomic mass is 10.2. The summed E-state index contributed by atoms with van der Waals surface area (Å²) in [5, 5.41) is 2.38. The molecule has 0 aliphatic carbocycles. The molecule has 9 heteroatoms. The number of carbonyl (C=O) groups excluding carboxylic acids is 1. The topological polar surface area (TPSA) is 60.9 Å². The zero-order valence-corrected chi connectivity index (χ0v) is 17.4. The number of nitrogens with zero attached hydrogens (tertiary/aromatic N) is 2. The van der Waals surface area contributed by atoms with Crippen LogP contribution in [-0.2, 0) is 6.54 Å². The highest BCUT2D eigenvalue weighted by Crippen LogP contribution is 2.33. The number of benzene rings is 2. The van der Waals surface area contributed by atoms with E-state index in [9.17, 15) is 13.6 Å². The number of carbonyl (C=O) groups is 1. The average Bonchev–Trinajstić information content (AvgIpc) is 3.23. The van der Waals surface area contributed by atoms with Crippen molar-refractivity contribution in [2.24, 2.45) is 0 Å². The van der Waals surface area contributed by atoms with Crippen LogP contribution in [0.4, 0.5) is 8.78 Å². The third-order valence-corrected chi connectivity index (χ3v) is 5.16. The smallest absolute Gasteiger partial charge is 0.387 e. The summed E-state index contributed by atoms with van der Waals surface area (Å²) in [5.41, 5.74) is 1.92. The highest BCUT2D eigenvalue weighted by Gasteiger charge is 2.17. The van der Waals surface area contributed by atoms with Crippen molar-refractivity contribution in [3.05, 3.63) is 59.1 Å². The fourth-order valence-corrected chi connectivity index (χ4v) is 3.58. The molecule has 0 aliphatic heterocycles. The van der Waals surface area contributed by atoms with Crippen LogP contribution in [0, 0.1) is 0 Å². The molecule has 1 heterocycles. The van der Waals surface area contributed by atoms with E-state index in [1.54, 1.807) is 50.9 Å². The Morgan fingerprint density at radius 3 is 2.43 bits per heavy atom. The van der Waals surface area contributed by atoms with Gasteiger partial charge in [-0.15, -0.1) is 11.3 Å². The van der Waals surface area contributed by atoms with Gasteiger partial charge in [0, 0.05) is 24.5 Å². The van der Waals surface area contributed by atoms with Gasteiger partial charge in [-0.3, -0.25) is 4.79 Å². The largest absolute Gasteiger partial charge is 0.493 e. The molecule has 0 unspecified atom stereocenters. The number of alkyl halides is 2. The predicted octanol–water partition coefficient (Wildman–Crippen LogP) is 4.70. The minimum absolute atomic E-state index is 0.0711. The van der Waals surface area contributed by atoms with E-state index in [0.29, 0.717) is 28.7 Å². The monoisotopic (exact) mass is 434 g/mol. The lowest BCUT2D eigenvalue weighted by Gasteiger charge is -2.16. The molecule has 158 valence electrons. The maximum absolute atomic E-state index is 12.7. The Kier molecular flexibility index (Phi) is 6.83. The number of ether oxygens (including phenoxy) is 3. The summed E-state index contributed by atoms with van der Waals surface area (Å²) in [5.74, 6) is 1.01. The highest BCUT2D eigenvalue weighted by atomic mass is 32.1. The molecule has 0 saturated carbocycles. The lowest BCUT2D eigenvalue weighted by Crippen LogP contribution is -2.26. The molecule has 6 nitrogen and oxygen atoms in total. The van der Waals surface area contributed by atoms with Gasteiger partial charge in [0.15, 0.2) is 11.5 Å². The number of thiazole rings is 1. The first kappa shape index (κ1) is 21.5. The van der Waals surface area contributed by atoms with Gasteiger partial charge >= 0.3 is 6.61 Å². The first-order valence-corrected chi connectivity index (χ1v) is 9.76. The summed E-state index contributed by atoms with van der Waals surface area (Å²) in [6, 6.07) is 11.6. The molecule has 30 heavy (non-hydrogen) atoms. The van der Waals surface area contributed by atoms with Gasteiger partial charge in [0.05, 0.1) is 14.2 Å². The van der Waals surface area contributed by atoms with Crippen molar-refractivity contribution in [3.8, 4) is 27.8 Å². The maximum atomic E-state index is 12.7. The van der Waals surface area contributed by atoms with Crippen molar-refractivity contribution in [1.82, 2.24) is 9.88 Å². The van der Waals surface area contributed by atoms with Crippen LogP contribution in [0.2, 0.25) is 0 Å². The Bertz CT molecular complexity index is 1010. The van der Waals surface area contributed by atoms with Crippen molar-refractivity contribution < 1.29 is 27.8 Å². The SMILES string of the molecule is COc1ccc(-c2nc(C(=O)N(C)Cc3ccc(OC(F)F)cc3)cs2)cc1OC. The number of hydrogen-bond acceptors (Lipinski definition) is 6. The van der Waals surface area contributed by atoms with Gasteiger partial charge in [0.1, 0.15) is 16.5 Å². The summed E-state index contributed by atoms with van der Waals surface area (Å²) in [4.78, 5) is 18.7. The van der Waals surface area contributed by atoms with Crippen molar-refractivity contribution in [2.75, 3.05) is 21.3 Å². The average molecular weight is 434 g/mol. The zero-order chi connectivity index (χ0) is 21.7. The predicted molar refractivity (Wildman–Crippen MR) is 110 cm³/mol. The molecule has 1 amide bonds. The fraction of sp³-hybridized carbons (Fsp3) is 0.238. The van der Waals surface area contributed by atoms with E-state index in [-0.39, 0.29) is 11.7 Å². The number of methoxy groups -OCH3 is 2. The molecule has 0 aliphatic rings. The molecule has 0 fully saturated rings. The second-order valence-corrected chi connectivity index (χ2v) is 7.15. The quantitative estimate of drug-likeness (QED) is 0.514. The van der Waals surface area contributed by atoms with Crippen LogP contribution in [0.5, 0.6) is 17.2 Å². The minimum atomic E-state index is -2.87. The van der Waals surface area contributed by atoms with Crippen molar-refractivity contribution in [1.29, 1.82) is 0 Å². The Hall–Kier alpha value is -3.20. The number of hydrogen-bond donors (Lipinski definition) is 0. The molecule has 0 radical (unpaired) electrons. The van der Waals surface area contributed by atoms with E-state index in [1.807, 2.05) is 6.07 Å². The summed E-state index contributed by atoms with van der Waals surface area (Å²) in [7, 11) is 4.77. The molecule has 0 atom stereocenters. The summed E-state index contributed by atoms with van der Waals surface area (Å²) < 4.78 is 39.3. The van der Waals surface area contributed by atoms with E-state index in [2.05, 4.69) is 9.72 Å². The Labute approximate surface area is 176 Å². The molecule has 3 aromatic rings. The van der Waals surface area contributed by atoms with Crippen molar-refractivity contribution in [3.63, 3.8) is 0 Å². The summed E-state index contributed by atoms with van der Waals surface area (Å²) in [6.07, 6.45) is 0. The molecule has 0 spiro atoms. The third-order valence-electron chi connectivity index (χ3n) is 4.27. The summed E-state index contributed by atoms with van der Waals surface area (Å²) in [6.45, 7) is -2.57. The first-order chi connectivity index (χ1) is 14.4. The molecule has 0 saturated heterocycles. The van der Waals surface area contributed by atoms with Crippen LogP contribution >= 0.6 is 11.3 Å². The Morgan fingerprint density at radius 1 is 1.10 bits per heavy atom. The van der Waals surface area contributed by atoms with Gasteiger partial charge in [0.25, 0.3) is 5.91 Å². The van der Waals surface area contributed by atoms with Crippen LogP contribution in [0.15, 0.2) is 47.8 Å². The number of aromatic nitrogens is 1. The number of rotatable bonds is 8. The first-order valence-electron chi connectivity index (χ1n) is 8.88. The van der Waals surface area contributed by atoms with Crippen LogP contribution in [0.1, 0.15) is 16.1 Å². The van der Waals surface area contributed by atoms with Gasteiger partial charge in [-0.05, 0) is 35.9 Å². The second kappa shape index (κ2) is 9.53.